The highest BCUT2D eigenvalue weighted by Crippen LogP contribution is 2.26. The van der Waals surface area contributed by atoms with Crippen LogP contribution in [0.5, 0.6) is 0 Å². The van der Waals surface area contributed by atoms with Crippen LogP contribution in [0.3, 0.4) is 0 Å². The molecular formula is C24H26N2O3S. The standard InChI is InChI=1S/C24H26N2O3S/c1-17-12-18(2)14-21(13-17)25-24(27)16-26(22-11-10-19(3)20(4)15-22)30(28,29)23-8-6-5-7-9-23/h5-15H,16H2,1-4H3,(H,25,27). The van der Waals surface area contributed by atoms with Gasteiger partial charge in [-0.1, -0.05) is 30.3 Å². The summed E-state index contributed by atoms with van der Waals surface area (Å²) in [6, 6.07) is 19.3. The molecule has 0 fully saturated rings. The molecule has 1 N–H and O–H groups in total. The van der Waals surface area contributed by atoms with Crippen molar-refractivity contribution in [3.63, 3.8) is 0 Å². The monoisotopic (exact) mass is 422 g/mol. The third-order valence-electron chi connectivity index (χ3n) is 4.90. The second-order valence-electron chi connectivity index (χ2n) is 7.52. The van der Waals surface area contributed by atoms with Gasteiger partial charge in [0.2, 0.25) is 5.91 Å². The predicted octanol–water partition coefficient (Wildman–Crippen LogP) is 4.75. The number of aryl methyl sites for hydroxylation is 4. The largest absolute Gasteiger partial charge is 0.324 e. The SMILES string of the molecule is Cc1cc(C)cc(NC(=O)CN(c2ccc(C)c(C)c2)S(=O)(=O)c2ccccc2)c1. The molecule has 0 aliphatic rings. The van der Waals surface area contributed by atoms with Crippen molar-refractivity contribution >= 4 is 27.3 Å². The predicted molar refractivity (Wildman–Crippen MR) is 121 cm³/mol. The van der Waals surface area contributed by atoms with Crippen molar-refractivity contribution in [1.82, 2.24) is 0 Å². The summed E-state index contributed by atoms with van der Waals surface area (Å²) in [7, 11) is -3.91. The van der Waals surface area contributed by atoms with Crippen molar-refractivity contribution in [3.8, 4) is 0 Å². The maximum Gasteiger partial charge on any atom is 0.264 e. The molecule has 1 amide bonds. The molecule has 0 heterocycles. The van der Waals surface area contributed by atoms with Crippen LogP contribution in [0.4, 0.5) is 11.4 Å². The average molecular weight is 423 g/mol. The van der Waals surface area contributed by atoms with Crippen LogP contribution in [0, 0.1) is 27.7 Å². The van der Waals surface area contributed by atoms with E-state index in [-0.39, 0.29) is 11.4 Å². The van der Waals surface area contributed by atoms with Crippen molar-refractivity contribution in [2.45, 2.75) is 32.6 Å². The summed E-state index contributed by atoms with van der Waals surface area (Å²) in [6.07, 6.45) is 0. The lowest BCUT2D eigenvalue weighted by molar-refractivity contribution is -0.114. The second-order valence-corrected chi connectivity index (χ2v) is 9.38. The fourth-order valence-corrected chi connectivity index (χ4v) is 4.73. The normalized spacial score (nSPS) is 11.2. The molecule has 0 saturated heterocycles. The Morgan fingerprint density at radius 1 is 0.833 bits per heavy atom. The molecule has 6 heteroatoms. The van der Waals surface area contributed by atoms with Crippen LogP contribution in [0.2, 0.25) is 0 Å². The van der Waals surface area contributed by atoms with E-state index in [4.69, 9.17) is 0 Å². The first kappa shape index (κ1) is 21.6. The summed E-state index contributed by atoms with van der Waals surface area (Å²) < 4.78 is 27.9. The average Bonchev–Trinajstić information content (AvgIpc) is 2.68. The Hall–Kier alpha value is -3.12. The summed E-state index contributed by atoms with van der Waals surface area (Å²) in [6.45, 7) is 7.45. The van der Waals surface area contributed by atoms with Crippen LogP contribution in [-0.4, -0.2) is 20.9 Å². The smallest absolute Gasteiger partial charge is 0.264 e. The molecule has 3 aromatic carbocycles. The third kappa shape index (κ3) is 4.89. The van der Waals surface area contributed by atoms with Gasteiger partial charge in [-0.15, -0.1) is 0 Å². The van der Waals surface area contributed by atoms with Crippen LogP contribution in [-0.2, 0) is 14.8 Å². The van der Waals surface area contributed by atoms with Crippen LogP contribution < -0.4 is 9.62 Å². The number of anilines is 2. The summed E-state index contributed by atoms with van der Waals surface area (Å²) in [5.74, 6) is -0.405. The Labute approximate surface area is 178 Å². The lowest BCUT2D eigenvalue weighted by atomic mass is 10.1. The van der Waals surface area contributed by atoms with Crippen LogP contribution in [0.25, 0.3) is 0 Å². The van der Waals surface area contributed by atoms with Crippen LogP contribution in [0.15, 0.2) is 71.6 Å². The van der Waals surface area contributed by atoms with Crippen molar-refractivity contribution in [3.05, 3.63) is 89.0 Å². The van der Waals surface area contributed by atoms with E-state index in [1.165, 1.54) is 12.1 Å². The van der Waals surface area contributed by atoms with Gasteiger partial charge in [-0.2, -0.15) is 0 Å². The molecule has 0 aliphatic heterocycles. The van der Waals surface area contributed by atoms with E-state index in [1.54, 1.807) is 30.3 Å². The van der Waals surface area contributed by atoms with Gasteiger partial charge in [0, 0.05) is 5.69 Å². The number of benzene rings is 3. The highest BCUT2D eigenvalue weighted by Gasteiger charge is 2.27. The van der Waals surface area contributed by atoms with Gasteiger partial charge >= 0.3 is 0 Å². The van der Waals surface area contributed by atoms with Crippen LogP contribution in [0.1, 0.15) is 22.3 Å². The van der Waals surface area contributed by atoms with Gasteiger partial charge in [0.15, 0.2) is 0 Å². The van der Waals surface area contributed by atoms with E-state index < -0.39 is 15.9 Å². The summed E-state index contributed by atoms with van der Waals surface area (Å²) in [5.41, 5.74) is 5.15. The molecule has 0 aromatic heterocycles. The molecule has 3 aromatic rings. The minimum Gasteiger partial charge on any atom is -0.324 e. The number of nitrogens with one attached hydrogen (secondary N) is 1. The molecular weight excluding hydrogens is 396 g/mol. The van der Waals surface area contributed by atoms with E-state index in [1.807, 2.05) is 52.0 Å². The number of nitrogens with zero attached hydrogens (tertiary/aromatic N) is 1. The first-order valence-electron chi connectivity index (χ1n) is 9.70. The lowest BCUT2D eigenvalue weighted by Gasteiger charge is -2.25. The van der Waals surface area contributed by atoms with Crippen molar-refractivity contribution < 1.29 is 13.2 Å². The zero-order valence-corrected chi connectivity index (χ0v) is 18.5. The molecule has 30 heavy (non-hydrogen) atoms. The first-order chi connectivity index (χ1) is 14.2. The second kappa shape index (κ2) is 8.71. The van der Waals surface area contributed by atoms with Crippen LogP contribution >= 0.6 is 0 Å². The molecule has 0 radical (unpaired) electrons. The van der Waals surface area contributed by atoms with E-state index in [0.717, 1.165) is 26.6 Å². The van der Waals surface area contributed by atoms with E-state index >= 15 is 0 Å². The Bertz CT molecular complexity index is 1150. The molecule has 0 aliphatic carbocycles. The Morgan fingerprint density at radius 2 is 1.47 bits per heavy atom. The van der Waals surface area contributed by atoms with Gasteiger partial charge in [-0.25, -0.2) is 8.42 Å². The minimum absolute atomic E-state index is 0.141. The topological polar surface area (TPSA) is 66.5 Å². The number of carbonyl (C=O) groups excluding carboxylic acids is 1. The summed E-state index contributed by atoms with van der Waals surface area (Å²) in [5, 5.41) is 2.83. The van der Waals surface area contributed by atoms with Gasteiger partial charge in [0.1, 0.15) is 6.54 Å². The van der Waals surface area contributed by atoms with Crippen molar-refractivity contribution in [2.75, 3.05) is 16.2 Å². The molecule has 0 atom stereocenters. The maximum absolute atomic E-state index is 13.4. The molecule has 0 bridgehead atoms. The Kier molecular flexibility index (Phi) is 6.27. The van der Waals surface area contributed by atoms with E-state index in [2.05, 4.69) is 5.32 Å². The number of sulfonamides is 1. The fraction of sp³-hybridized carbons (Fsp3) is 0.208. The number of carbonyl (C=O) groups is 1. The maximum atomic E-state index is 13.4. The zero-order valence-electron chi connectivity index (χ0n) is 17.6. The number of hydrogen-bond donors (Lipinski definition) is 1. The highest BCUT2D eigenvalue weighted by atomic mass is 32.2. The lowest BCUT2D eigenvalue weighted by Crippen LogP contribution is -2.38. The van der Waals surface area contributed by atoms with Gasteiger partial charge in [0.05, 0.1) is 10.6 Å². The number of hydrogen-bond acceptors (Lipinski definition) is 3. The number of rotatable bonds is 6. The molecule has 156 valence electrons. The molecule has 0 spiro atoms. The van der Waals surface area contributed by atoms with Gasteiger partial charge in [-0.05, 0) is 86.3 Å². The third-order valence-corrected chi connectivity index (χ3v) is 6.69. The Balaban J connectivity index is 1.97. The van der Waals surface area contributed by atoms with Gasteiger partial charge in [0.25, 0.3) is 10.0 Å². The van der Waals surface area contributed by atoms with Gasteiger partial charge < -0.3 is 5.32 Å². The van der Waals surface area contributed by atoms with E-state index in [0.29, 0.717) is 11.4 Å². The quantitative estimate of drug-likeness (QED) is 0.623. The molecule has 5 nitrogen and oxygen atoms in total. The number of amides is 1. The minimum atomic E-state index is -3.91. The summed E-state index contributed by atoms with van der Waals surface area (Å²) in [4.78, 5) is 13.0. The zero-order chi connectivity index (χ0) is 21.9. The molecule has 0 saturated carbocycles. The summed E-state index contributed by atoms with van der Waals surface area (Å²) >= 11 is 0. The molecule has 0 unspecified atom stereocenters. The first-order valence-corrected chi connectivity index (χ1v) is 11.1. The molecule has 3 rings (SSSR count). The van der Waals surface area contributed by atoms with Crippen molar-refractivity contribution in [1.29, 1.82) is 0 Å². The fourth-order valence-electron chi connectivity index (χ4n) is 3.29. The highest BCUT2D eigenvalue weighted by molar-refractivity contribution is 7.92. The van der Waals surface area contributed by atoms with Gasteiger partial charge in [-0.3, -0.25) is 9.10 Å². The van der Waals surface area contributed by atoms with Crippen molar-refractivity contribution in [2.24, 2.45) is 0 Å². The van der Waals surface area contributed by atoms with E-state index in [9.17, 15) is 13.2 Å². The Morgan fingerprint density at radius 3 is 2.07 bits per heavy atom.